The van der Waals surface area contributed by atoms with Crippen molar-refractivity contribution >= 4 is 11.9 Å². The maximum Gasteiger partial charge on any atom is 0.352 e. The predicted molar refractivity (Wildman–Crippen MR) is 68.9 cm³/mol. The van der Waals surface area contributed by atoms with Crippen molar-refractivity contribution in [3.05, 3.63) is 11.8 Å². The average molecular weight is 254 g/mol. The van der Waals surface area contributed by atoms with Crippen LogP contribution in [-0.2, 0) is 9.59 Å². The van der Waals surface area contributed by atoms with E-state index in [1.807, 2.05) is 32.8 Å². The minimum Gasteiger partial charge on any atom is -0.477 e. The van der Waals surface area contributed by atoms with Crippen LogP contribution in [0.2, 0.25) is 0 Å². The van der Waals surface area contributed by atoms with Crippen LogP contribution in [0.25, 0.3) is 0 Å². The summed E-state index contributed by atoms with van der Waals surface area (Å²) >= 11 is 0. The number of hydrogen-bond donors (Lipinski definition) is 2. The van der Waals surface area contributed by atoms with Crippen molar-refractivity contribution < 1.29 is 14.7 Å². The third kappa shape index (κ3) is 4.14. The first kappa shape index (κ1) is 14.7. The molecular formula is C13H22N2O3. The fourth-order valence-electron chi connectivity index (χ4n) is 1.79. The topological polar surface area (TPSA) is 69.6 Å². The molecular weight excluding hydrogens is 232 g/mol. The van der Waals surface area contributed by atoms with Crippen molar-refractivity contribution in [3.8, 4) is 0 Å². The molecule has 1 aliphatic carbocycles. The van der Waals surface area contributed by atoms with E-state index in [1.54, 1.807) is 6.08 Å². The summed E-state index contributed by atoms with van der Waals surface area (Å²) in [6.07, 6.45) is 2.99. The van der Waals surface area contributed by atoms with E-state index in [9.17, 15) is 9.59 Å². The fraction of sp³-hybridized carbons (Fsp3) is 0.692. The minimum atomic E-state index is -1.08. The normalized spacial score (nSPS) is 21.8. The van der Waals surface area contributed by atoms with Crippen LogP contribution in [0.4, 0.5) is 0 Å². The second-order valence-corrected chi connectivity index (χ2v) is 5.75. The molecule has 1 saturated carbocycles. The van der Waals surface area contributed by atoms with Gasteiger partial charge >= 0.3 is 5.97 Å². The maximum absolute atomic E-state index is 11.8. The molecule has 1 fully saturated rings. The van der Waals surface area contributed by atoms with Gasteiger partial charge in [0.2, 0.25) is 5.91 Å². The van der Waals surface area contributed by atoms with E-state index in [-0.39, 0.29) is 22.9 Å². The SMILES string of the molecule is CN(C)CC/C=C(/NC(=O)C1CC1(C)C)C(=O)O. The Labute approximate surface area is 108 Å². The lowest BCUT2D eigenvalue weighted by Crippen LogP contribution is -2.30. The molecule has 1 atom stereocenters. The molecule has 1 unspecified atom stereocenters. The van der Waals surface area contributed by atoms with Gasteiger partial charge in [0, 0.05) is 12.5 Å². The number of carbonyl (C=O) groups excluding carboxylic acids is 1. The average Bonchev–Trinajstić information content (AvgIpc) is 2.85. The summed E-state index contributed by atoms with van der Waals surface area (Å²) in [6, 6.07) is 0. The monoisotopic (exact) mass is 254 g/mol. The van der Waals surface area contributed by atoms with Crippen LogP contribution < -0.4 is 5.32 Å². The van der Waals surface area contributed by atoms with Crippen LogP contribution in [0.3, 0.4) is 0 Å². The molecule has 0 aromatic rings. The Balaban J connectivity index is 2.53. The first-order valence-corrected chi connectivity index (χ1v) is 6.13. The van der Waals surface area contributed by atoms with Crippen molar-refractivity contribution in [3.63, 3.8) is 0 Å². The first-order chi connectivity index (χ1) is 8.24. The predicted octanol–water partition coefficient (Wildman–Crippen LogP) is 1.07. The van der Waals surface area contributed by atoms with Gasteiger partial charge < -0.3 is 15.3 Å². The molecule has 5 heteroatoms. The number of hydrogen-bond acceptors (Lipinski definition) is 3. The summed E-state index contributed by atoms with van der Waals surface area (Å²) in [4.78, 5) is 24.8. The Bertz CT molecular complexity index is 372. The third-order valence-corrected chi connectivity index (χ3v) is 3.24. The van der Waals surface area contributed by atoms with Gasteiger partial charge in [0.15, 0.2) is 0 Å². The van der Waals surface area contributed by atoms with Gasteiger partial charge in [0.05, 0.1) is 0 Å². The van der Waals surface area contributed by atoms with Crippen molar-refractivity contribution in [1.82, 2.24) is 10.2 Å². The lowest BCUT2D eigenvalue weighted by molar-refractivity contribution is -0.135. The molecule has 102 valence electrons. The number of carboxylic acid groups (broad SMARTS) is 1. The Morgan fingerprint density at radius 2 is 2.00 bits per heavy atom. The van der Waals surface area contributed by atoms with E-state index in [0.717, 1.165) is 13.0 Å². The largest absolute Gasteiger partial charge is 0.477 e. The first-order valence-electron chi connectivity index (χ1n) is 6.13. The number of aliphatic carboxylic acids is 1. The molecule has 0 aliphatic heterocycles. The standard InChI is InChI=1S/C13H22N2O3/c1-13(2)8-9(13)11(16)14-10(12(17)18)6-5-7-15(3)4/h6,9H,5,7-8H2,1-4H3,(H,14,16)(H,17,18)/b10-6+. The van der Waals surface area contributed by atoms with E-state index >= 15 is 0 Å². The highest BCUT2D eigenvalue weighted by atomic mass is 16.4. The Kier molecular flexibility index (Phi) is 4.51. The number of nitrogens with zero attached hydrogens (tertiary/aromatic N) is 1. The lowest BCUT2D eigenvalue weighted by atomic mass is 10.1. The van der Waals surface area contributed by atoms with Crippen LogP contribution >= 0.6 is 0 Å². The number of nitrogens with one attached hydrogen (secondary N) is 1. The zero-order chi connectivity index (χ0) is 13.9. The van der Waals surface area contributed by atoms with Crippen LogP contribution in [0, 0.1) is 11.3 Å². The highest BCUT2D eigenvalue weighted by Crippen LogP contribution is 2.51. The molecule has 1 amide bonds. The van der Waals surface area contributed by atoms with Gasteiger partial charge in [0.1, 0.15) is 5.70 Å². The van der Waals surface area contributed by atoms with Gasteiger partial charge in [0.25, 0.3) is 0 Å². The van der Waals surface area contributed by atoms with Gasteiger partial charge in [-0.3, -0.25) is 4.79 Å². The molecule has 0 saturated heterocycles. The van der Waals surface area contributed by atoms with E-state index in [1.165, 1.54) is 0 Å². The van der Waals surface area contributed by atoms with E-state index in [4.69, 9.17) is 5.11 Å². The number of rotatable bonds is 6. The smallest absolute Gasteiger partial charge is 0.352 e. The third-order valence-electron chi connectivity index (χ3n) is 3.24. The Hall–Kier alpha value is -1.36. The highest BCUT2D eigenvalue weighted by Gasteiger charge is 2.50. The summed E-state index contributed by atoms with van der Waals surface area (Å²) < 4.78 is 0. The summed E-state index contributed by atoms with van der Waals surface area (Å²) in [5.41, 5.74) is 0.00157. The van der Waals surface area contributed by atoms with Crippen LogP contribution in [0.1, 0.15) is 26.7 Å². The molecule has 0 bridgehead atoms. The maximum atomic E-state index is 11.8. The van der Waals surface area contributed by atoms with Gasteiger partial charge in [-0.05, 0) is 32.4 Å². The van der Waals surface area contributed by atoms with Gasteiger partial charge in [-0.2, -0.15) is 0 Å². The van der Waals surface area contributed by atoms with Crippen LogP contribution in [0.5, 0.6) is 0 Å². The zero-order valence-electron chi connectivity index (χ0n) is 11.5. The molecule has 1 aliphatic rings. The molecule has 0 radical (unpaired) electrons. The second kappa shape index (κ2) is 5.52. The molecule has 0 heterocycles. The van der Waals surface area contributed by atoms with Crippen molar-refractivity contribution in [2.24, 2.45) is 11.3 Å². The van der Waals surface area contributed by atoms with Gasteiger partial charge in [-0.15, -0.1) is 0 Å². The minimum absolute atomic E-state index is 0.00968. The lowest BCUT2D eigenvalue weighted by Gasteiger charge is -2.09. The number of amides is 1. The molecule has 18 heavy (non-hydrogen) atoms. The molecule has 0 aromatic heterocycles. The van der Waals surface area contributed by atoms with Gasteiger partial charge in [-0.1, -0.05) is 19.9 Å². The number of carboxylic acids is 1. The number of carbonyl (C=O) groups is 2. The second-order valence-electron chi connectivity index (χ2n) is 5.75. The molecule has 0 aromatic carbocycles. The van der Waals surface area contributed by atoms with Crippen molar-refractivity contribution in [1.29, 1.82) is 0 Å². The summed E-state index contributed by atoms with van der Waals surface area (Å²) in [5.74, 6) is -1.33. The van der Waals surface area contributed by atoms with Crippen LogP contribution in [0.15, 0.2) is 11.8 Å². The Morgan fingerprint density at radius 3 is 2.39 bits per heavy atom. The summed E-state index contributed by atoms with van der Waals surface area (Å²) in [5, 5.41) is 11.5. The van der Waals surface area contributed by atoms with Crippen molar-refractivity contribution in [2.45, 2.75) is 26.7 Å². The van der Waals surface area contributed by atoms with E-state index < -0.39 is 5.97 Å². The van der Waals surface area contributed by atoms with Gasteiger partial charge in [-0.25, -0.2) is 4.79 Å². The van der Waals surface area contributed by atoms with E-state index in [2.05, 4.69) is 5.32 Å². The quantitative estimate of drug-likeness (QED) is 0.696. The summed E-state index contributed by atoms with van der Waals surface area (Å²) in [6.45, 7) is 4.77. The molecule has 2 N–H and O–H groups in total. The van der Waals surface area contributed by atoms with Crippen LogP contribution in [-0.4, -0.2) is 42.5 Å². The molecule has 0 spiro atoms. The zero-order valence-corrected chi connectivity index (χ0v) is 11.5. The fourth-order valence-corrected chi connectivity index (χ4v) is 1.79. The van der Waals surface area contributed by atoms with Crippen molar-refractivity contribution in [2.75, 3.05) is 20.6 Å². The highest BCUT2D eigenvalue weighted by molar-refractivity contribution is 5.94. The van der Waals surface area contributed by atoms with E-state index in [0.29, 0.717) is 6.42 Å². The molecule has 1 rings (SSSR count). The summed E-state index contributed by atoms with van der Waals surface area (Å²) in [7, 11) is 3.83. The molecule has 5 nitrogen and oxygen atoms in total. The Morgan fingerprint density at radius 1 is 1.44 bits per heavy atom.